The molecule has 0 bridgehead atoms. The van der Waals surface area contributed by atoms with Gasteiger partial charge >= 0.3 is 0 Å². The minimum Gasteiger partial charge on any atom is -0.323 e. The molecule has 29 heavy (non-hydrogen) atoms. The van der Waals surface area contributed by atoms with E-state index in [0.29, 0.717) is 24.3 Å². The largest absolute Gasteiger partial charge is 0.323 e. The van der Waals surface area contributed by atoms with Crippen molar-refractivity contribution >= 4 is 21.6 Å². The Kier molecular flexibility index (Phi) is 6.27. The number of hydrogen-bond donors (Lipinski definition) is 2. The van der Waals surface area contributed by atoms with E-state index in [1.54, 1.807) is 31.2 Å². The number of piperazine rings is 1. The average molecular weight is 417 g/mol. The number of para-hydroxylation sites is 1. The normalized spacial score (nSPS) is 16.7. The molecule has 7 nitrogen and oxygen atoms in total. The summed E-state index contributed by atoms with van der Waals surface area (Å²) in [5.41, 5.74) is 0.849. The van der Waals surface area contributed by atoms with Crippen molar-refractivity contribution in [2.75, 3.05) is 31.5 Å². The molecule has 2 aromatic carbocycles. The lowest BCUT2D eigenvalue weighted by Crippen LogP contribution is -3.19. The third-order valence-corrected chi connectivity index (χ3v) is 7.04. The molecule has 9 heteroatoms. The Morgan fingerprint density at radius 1 is 1.17 bits per heavy atom. The summed E-state index contributed by atoms with van der Waals surface area (Å²) >= 11 is 0. The number of carbonyl (C=O) groups is 1. The number of quaternary nitrogens is 1. The third-order valence-electron chi connectivity index (χ3n) is 5.13. The van der Waals surface area contributed by atoms with Crippen LogP contribution in [0.4, 0.5) is 10.1 Å². The van der Waals surface area contributed by atoms with E-state index < -0.39 is 21.9 Å². The van der Waals surface area contributed by atoms with Crippen molar-refractivity contribution in [1.82, 2.24) is 4.31 Å². The second-order valence-electron chi connectivity index (χ2n) is 6.88. The lowest BCUT2D eigenvalue weighted by atomic mass is 10.1. The fraction of sp³-hybridized carbons (Fsp3) is 0.300. The van der Waals surface area contributed by atoms with Gasteiger partial charge in [-0.15, -0.1) is 0 Å². The third kappa shape index (κ3) is 4.62. The van der Waals surface area contributed by atoms with Crippen LogP contribution in [-0.4, -0.2) is 50.9 Å². The Bertz CT molecular complexity index is 1030. The number of hydrogen-bond acceptors (Lipinski definition) is 4. The van der Waals surface area contributed by atoms with Crippen LogP contribution < -0.4 is 10.2 Å². The average Bonchev–Trinajstić information content (AvgIpc) is 2.74. The highest BCUT2D eigenvalue weighted by Crippen LogP contribution is 2.16. The first-order chi connectivity index (χ1) is 13.8. The van der Waals surface area contributed by atoms with Gasteiger partial charge in [0.15, 0.2) is 6.04 Å². The van der Waals surface area contributed by atoms with Crippen molar-refractivity contribution in [1.29, 1.82) is 5.26 Å². The van der Waals surface area contributed by atoms with Crippen molar-refractivity contribution in [3.05, 3.63) is 59.9 Å². The number of halogens is 1. The Labute approximate surface area is 169 Å². The molecule has 1 atom stereocenters. The summed E-state index contributed by atoms with van der Waals surface area (Å²) < 4.78 is 39.8. The van der Waals surface area contributed by atoms with Crippen LogP contribution in [0, 0.1) is 17.1 Å². The Balaban J connectivity index is 1.62. The van der Waals surface area contributed by atoms with Crippen LogP contribution in [0.2, 0.25) is 0 Å². The molecule has 1 aliphatic heterocycles. The molecule has 0 spiro atoms. The summed E-state index contributed by atoms with van der Waals surface area (Å²) in [7, 11) is -3.69. The van der Waals surface area contributed by atoms with Crippen molar-refractivity contribution in [3.63, 3.8) is 0 Å². The van der Waals surface area contributed by atoms with Gasteiger partial charge in [-0.25, -0.2) is 12.8 Å². The zero-order valence-electron chi connectivity index (χ0n) is 15.9. The SMILES string of the molecule is C[C@@H](C(=O)Nc1ccccc1C#N)[NH+]1CCN(S(=O)(=O)c2ccc(F)cc2)CC1. The monoisotopic (exact) mass is 417 g/mol. The Morgan fingerprint density at radius 2 is 1.79 bits per heavy atom. The molecule has 1 aliphatic rings. The molecular weight excluding hydrogens is 395 g/mol. The van der Waals surface area contributed by atoms with Gasteiger partial charge in [0.2, 0.25) is 10.0 Å². The predicted molar refractivity (Wildman–Crippen MR) is 105 cm³/mol. The second-order valence-corrected chi connectivity index (χ2v) is 8.82. The maximum Gasteiger partial charge on any atom is 0.282 e. The molecule has 1 amide bonds. The van der Waals surface area contributed by atoms with E-state index >= 15 is 0 Å². The van der Waals surface area contributed by atoms with Gasteiger partial charge < -0.3 is 10.2 Å². The molecule has 1 heterocycles. The molecule has 2 aromatic rings. The zero-order valence-corrected chi connectivity index (χ0v) is 16.7. The van der Waals surface area contributed by atoms with Crippen LogP contribution in [0.25, 0.3) is 0 Å². The van der Waals surface area contributed by atoms with Crippen molar-refractivity contribution in [3.8, 4) is 6.07 Å². The first-order valence-electron chi connectivity index (χ1n) is 9.23. The molecular formula is C20H22FN4O3S+. The highest BCUT2D eigenvalue weighted by molar-refractivity contribution is 7.89. The van der Waals surface area contributed by atoms with Crippen LogP contribution in [0.15, 0.2) is 53.4 Å². The van der Waals surface area contributed by atoms with E-state index in [1.165, 1.54) is 16.4 Å². The standard InChI is InChI=1S/C20H21FN4O3S/c1-15(20(26)23-19-5-3-2-4-16(19)14-22)24-10-12-25(13-11-24)29(27,28)18-8-6-17(21)7-9-18/h2-9,15H,10-13H2,1H3,(H,23,26)/p+1/t15-/m0/s1. The van der Waals surface area contributed by atoms with Gasteiger partial charge in [0.25, 0.3) is 5.91 Å². The molecule has 0 aromatic heterocycles. The minimum absolute atomic E-state index is 0.0567. The number of rotatable bonds is 5. The van der Waals surface area contributed by atoms with E-state index in [9.17, 15) is 17.6 Å². The summed E-state index contributed by atoms with van der Waals surface area (Å²) in [6.45, 7) is 3.25. The summed E-state index contributed by atoms with van der Waals surface area (Å²) in [5, 5.41) is 11.9. The van der Waals surface area contributed by atoms with Crippen molar-refractivity contribution < 1.29 is 22.5 Å². The molecule has 0 saturated carbocycles. The van der Waals surface area contributed by atoms with Crippen LogP contribution in [0.1, 0.15) is 12.5 Å². The summed E-state index contributed by atoms with van der Waals surface area (Å²) in [6, 6.07) is 13.2. The number of carbonyl (C=O) groups excluding carboxylic acids is 1. The van der Waals surface area contributed by atoms with E-state index in [-0.39, 0.29) is 23.9 Å². The fourth-order valence-corrected chi connectivity index (χ4v) is 4.76. The summed E-state index contributed by atoms with van der Waals surface area (Å²) in [5.74, 6) is -0.714. The molecule has 1 fully saturated rings. The summed E-state index contributed by atoms with van der Waals surface area (Å²) in [4.78, 5) is 13.6. The number of nitriles is 1. The van der Waals surface area contributed by atoms with Gasteiger partial charge in [-0.1, -0.05) is 12.1 Å². The molecule has 0 unspecified atom stereocenters. The first kappa shape index (κ1) is 20.9. The highest BCUT2D eigenvalue weighted by Gasteiger charge is 2.34. The van der Waals surface area contributed by atoms with E-state index in [4.69, 9.17) is 5.26 Å². The van der Waals surface area contributed by atoms with Gasteiger partial charge in [0, 0.05) is 0 Å². The lowest BCUT2D eigenvalue weighted by molar-refractivity contribution is -0.917. The molecule has 2 N–H and O–H groups in total. The number of benzene rings is 2. The minimum atomic E-state index is -3.69. The van der Waals surface area contributed by atoms with Crippen molar-refractivity contribution in [2.24, 2.45) is 0 Å². The van der Waals surface area contributed by atoms with E-state index in [0.717, 1.165) is 17.0 Å². The topological polar surface area (TPSA) is 94.7 Å². The van der Waals surface area contributed by atoms with Gasteiger partial charge in [0.05, 0.1) is 42.3 Å². The fourth-order valence-electron chi connectivity index (χ4n) is 3.32. The first-order valence-corrected chi connectivity index (χ1v) is 10.7. The maximum atomic E-state index is 13.1. The smallest absolute Gasteiger partial charge is 0.282 e. The molecule has 152 valence electrons. The Hall–Kier alpha value is -2.80. The highest BCUT2D eigenvalue weighted by atomic mass is 32.2. The van der Waals surface area contributed by atoms with Crippen molar-refractivity contribution in [2.45, 2.75) is 17.9 Å². The van der Waals surface area contributed by atoms with Gasteiger partial charge in [0.1, 0.15) is 11.9 Å². The van der Waals surface area contributed by atoms with E-state index in [2.05, 4.69) is 5.32 Å². The van der Waals surface area contributed by atoms with Gasteiger partial charge in [-0.2, -0.15) is 9.57 Å². The Morgan fingerprint density at radius 3 is 2.41 bits per heavy atom. The predicted octanol–water partition coefficient (Wildman–Crippen LogP) is 0.614. The number of nitrogens with one attached hydrogen (secondary N) is 2. The van der Waals surface area contributed by atoms with E-state index in [1.807, 2.05) is 6.07 Å². The van der Waals surface area contributed by atoms with Gasteiger partial charge in [-0.3, -0.25) is 4.79 Å². The van der Waals surface area contributed by atoms with Crippen LogP contribution in [0.5, 0.6) is 0 Å². The van der Waals surface area contributed by atoms with Gasteiger partial charge in [-0.05, 0) is 43.3 Å². The van der Waals surface area contributed by atoms with Crippen LogP contribution in [-0.2, 0) is 14.8 Å². The lowest BCUT2D eigenvalue weighted by Gasteiger charge is -2.34. The number of anilines is 1. The van der Waals surface area contributed by atoms with Crippen LogP contribution >= 0.6 is 0 Å². The molecule has 1 saturated heterocycles. The second kappa shape index (κ2) is 8.69. The molecule has 0 aliphatic carbocycles. The molecule has 3 rings (SSSR count). The van der Waals surface area contributed by atoms with Crippen LogP contribution in [0.3, 0.4) is 0 Å². The number of amides is 1. The maximum absolute atomic E-state index is 13.1. The zero-order chi connectivity index (χ0) is 21.0. The quantitative estimate of drug-likeness (QED) is 0.746. The number of sulfonamides is 1. The molecule has 0 radical (unpaired) electrons. The number of nitrogens with zero attached hydrogens (tertiary/aromatic N) is 2. The summed E-state index contributed by atoms with van der Waals surface area (Å²) in [6.07, 6.45) is 0.